The number of likely N-dealkylation sites (tertiary alicyclic amines) is 1. The van der Waals surface area contributed by atoms with E-state index >= 15 is 0 Å². The molecule has 0 aliphatic carbocycles. The number of ether oxygens (including phenoxy) is 1. The lowest BCUT2D eigenvalue weighted by Gasteiger charge is -2.32. The van der Waals surface area contributed by atoms with Crippen LogP contribution in [0.5, 0.6) is 0 Å². The maximum Gasteiger partial charge on any atom is 0.340 e. The predicted octanol–water partition coefficient (Wildman–Crippen LogP) is 5.37. The van der Waals surface area contributed by atoms with Crippen LogP contribution >= 0.6 is 0 Å². The Labute approximate surface area is 211 Å². The highest BCUT2D eigenvalue weighted by Gasteiger charge is 2.33. The molecule has 2 heterocycles. The molecule has 1 aliphatic rings. The van der Waals surface area contributed by atoms with Crippen molar-refractivity contribution in [3.8, 4) is 11.3 Å². The number of carbonyl (C=O) groups excluding carboxylic acids is 2. The van der Waals surface area contributed by atoms with Gasteiger partial charge >= 0.3 is 12.0 Å². The number of hydrogen-bond donors (Lipinski definition) is 1. The first kappa shape index (κ1) is 25.5. The number of sulfone groups is 1. The number of para-hydroxylation sites is 1. The van der Waals surface area contributed by atoms with E-state index in [4.69, 9.17) is 9.15 Å². The van der Waals surface area contributed by atoms with Gasteiger partial charge in [-0.25, -0.2) is 18.0 Å². The molecule has 1 fully saturated rings. The molecule has 1 saturated heterocycles. The fourth-order valence-electron chi connectivity index (χ4n) is 4.16. The van der Waals surface area contributed by atoms with Crippen molar-refractivity contribution in [1.29, 1.82) is 0 Å². The average Bonchev–Trinajstić information content (AvgIpc) is 3.44. The number of nitrogens with zero attached hydrogens (tertiary/aromatic N) is 1. The molecule has 8 nitrogen and oxygen atoms in total. The molecule has 190 valence electrons. The molecule has 4 rings (SSSR count). The summed E-state index contributed by atoms with van der Waals surface area (Å²) >= 11 is 0. The second-order valence-electron chi connectivity index (χ2n) is 8.70. The van der Waals surface area contributed by atoms with Gasteiger partial charge in [0.15, 0.2) is 9.84 Å². The predicted molar refractivity (Wildman–Crippen MR) is 137 cm³/mol. The summed E-state index contributed by atoms with van der Waals surface area (Å²) in [6.07, 6.45) is 3.91. The minimum Gasteiger partial charge on any atom is -0.464 e. The van der Waals surface area contributed by atoms with Gasteiger partial charge in [-0.3, -0.25) is 0 Å². The third kappa shape index (κ3) is 5.79. The van der Waals surface area contributed by atoms with E-state index in [1.165, 1.54) is 0 Å². The minimum atomic E-state index is -3.53. The Morgan fingerprint density at radius 3 is 2.42 bits per heavy atom. The molecule has 3 aromatic rings. The van der Waals surface area contributed by atoms with Gasteiger partial charge in [0.2, 0.25) is 0 Å². The first-order valence-corrected chi connectivity index (χ1v) is 13.6. The quantitative estimate of drug-likeness (QED) is 0.322. The van der Waals surface area contributed by atoms with Crippen LogP contribution in [0.25, 0.3) is 11.3 Å². The number of unbranched alkanes of at least 4 members (excludes halogenated alkanes) is 1. The molecular formula is C27H30N2O6S. The third-order valence-electron chi connectivity index (χ3n) is 6.28. The number of furan rings is 1. The summed E-state index contributed by atoms with van der Waals surface area (Å²) in [5.41, 5.74) is 1.47. The summed E-state index contributed by atoms with van der Waals surface area (Å²) in [7, 11) is -3.53. The summed E-state index contributed by atoms with van der Waals surface area (Å²) in [5.74, 6) is 0.191. The minimum absolute atomic E-state index is 0.260. The molecule has 0 spiro atoms. The summed E-state index contributed by atoms with van der Waals surface area (Å²) in [6.45, 7) is 2.92. The van der Waals surface area contributed by atoms with Crippen LogP contribution in [-0.2, 0) is 14.6 Å². The van der Waals surface area contributed by atoms with E-state index in [1.54, 1.807) is 65.8 Å². The van der Waals surface area contributed by atoms with E-state index in [9.17, 15) is 18.0 Å². The molecule has 9 heteroatoms. The molecule has 0 atom stereocenters. The smallest absolute Gasteiger partial charge is 0.340 e. The number of amides is 2. The van der Waals surface area contributed by atoms with Gasteiger partial charge in [0.25, 0.3) is 0 Å². The van der Waals surface area contributed by atoms with Gasteiger partial charge in [-0.2, -0.15) is 0 Å². The van der Waals surface area contributed by atoms with Crippen LogP contribution in [0, 0.1) is 0 Å². The Morgan fingerprint density at radius 1 is 1.03 bits per heavy atom. The molecule has 0 saturated carbocycles. The average molecular weight is 511 g/mol. The van der Waals surface area contributed by atoms with Crippen LogP contribution in [0.4, 0.5) is 10.5 Å². The number of rotatable bonds is 8. The van der Waals surface area contributed by atoms with Gasteiger partial charge in [-0.05, 0) is 67.8 Å². The number of hydrogen-bond acceptors (Lipinski definition) is 6. The second kappa shape index (κ2) is 11.4. The van der Waals surface area contributed by atoms with Crippen molar-refractivity contribution in [2.24, 2.45) is 0 Å². The zero-order valence-corrected chi connectivity index (χ0v) is 21.0. The van der Waals surface area contributed by atoms with E-state index in [2.05, 4.69) is 5.32 Å². The van der Waals surface area contributed by atoms with Crippen molar-refractivity contribution in [3.05, 3.63) is 72.5 Å². The molecule has 0 radical (unpaired) electrons. The van der Waals surface area contributed by atoms with Crippen molar-refractivity contribution >= 4 is 27.5 Å². The highest BCUT2D eigenvalue weighted by molar-refractivity contribution is 7.92. The van der Waals surface area contributed by atoms with Gasteiger partial charge < -0.3 is 19.4 Å². The highest BCUT2D eigenvalue weighted by Crippen LogP contribution is 2.28. The van der Waals surface area contributed by atoms with Gasteiger partial charge in [-0.1, -0.05) is 25.5 Å². The zero-order chi connectivity index (χ0) is 25.5. The number of anilines is 1. The van der Waals surface area contributed by atoms with E-state index < -0.39 is 21.1 Å². The van der Waals surface area contributed by atoms with Crippen LogP contribution in [0.2, 0.25) is 0 Å². The molecule has 0 bridgehead atoms. The van der Waals surface area contributed by atoms with Crippen LogP contribution in [-0.4, -0.2) is 50.3 Å². The van der Waals surface area contributed by atoms with Crippen molar-refractivity contribution < 1.29 is 27.2 Å². The normalized spacial score (nSPS) is 14.4. The number of urea groups is 1. The Balaban J connectivity index is 1.36. The monoisotopic (exact) mass is 510 g/mol. The summed E-state index contributed by atoms with van der Waals surface area (Å²) in [6, 6.07) is 16.6. The molecule has 0 unspecified atom stereocenters. The molecular weight excluding hydrogens is 480 g/mol. The Kier molecular flexibility index (Phi) is 8.10. The number of piperidine rings is 1. The lowest BCUT2D eigenvalue weighted by atomic mass is 10.1. The lowest BCUT2D eigenvalue weighted by molar-refractivity contribution is 0.0501. The number of carbonyl (C=O) groups is 2. The van der Waals surface area contributed by atoms with Gasteiger partial charge in [-0.15, -0.1) is 0 Å². The number of benzene rings is 2. The van der Waals surface area contributed by atoms with Gasteiger partial charge in [0.05, 0.1) is 34.3 Å². The van der Waals surface area contributed by atoms with Crippen molar-refractivity contribution in [2.75, 3.05) is 25.0 Å². The maximum atomic E-state index is 13.2. The molecule has 2 amide bonds. The molecule has 1 aromatic heterocycles. The van der Waals surface area contributed by atoms with Crippen LogP contribution in [0.1, 0.15) is 43.0 Å². The van der Waals surface area contributed by atoms with E-state index in [-0.39, 0.29) is 16.5 Å². The zero-order valence-electron chi connectivity index (χ0n) is 20.2. The SMILES string of the molecule is CCCCOC(=O)c1ccccc1NC(=O)N1CCC(S(=O)(=O)c2ccc(-c3ccco3)cc2)CC1. The van der Waals surface area contributed by atoms with Crippen molar-refractivity contribution in [1.82, 2.24) is 4.90 Å². The second-order valence-corrected chi connectivity index (χ2v) is 10.9. The third-order valence-corrected chi connectivity index (χ3v) is 8.55. The van der Waals surface area contributed by atoms with Crippen LogP contribution < -0.4 is 5.32 Å². The standard InChI is InChI=1S/C27H30N2O6S/c1-2-3-18-35-26(30)23-7-4-5-8-24(23)28-27(31)29-16-14-22(15-17-29)36(32,33)21-12-10-20(11-13-21)25-9-6-19-34-25/h4-13,19,22H,2-3,14-18H2,1H3,(H,28,31). The summed E-state index contributed by atoms with van der Waals surface area (Å²) in [5, 5.41) is 2.21. The first-order chi connectivity index (χ1) is 17.4. The first-order valence-electron chi connectivity index (χ1n) is 12.1. The van der Waals surface area contributed by atoms with Crippen LogP contribution in [0.3, 0.4) is 0 Å². The molecule has 36 heavy (non-hydrogen) atoms. The molecule has 1 N–H and O–H groups in total. The fourth-order valence-corrected chi connectivity index (χ4v) is 5.90. The number of esters is 1. The topological polar surface area (TPSA) is 106 Å². The largest absolute Gasteiger partial charge is 0.464 e. The molecule has 1 aliphatic heterocycles. The Hall–Kier alpha value is -3.59. The van der Waals surface area contributed by atoms with Gasteiger partial charge in [0, 0.05) is 18.7 Å². The Bertz CT molecular complexity index is 1280. The van der Waals surface area contributed by atoms with E-state index in [1.807, 2.05) is 13.0 Å². The summed E-state index contributed by atoms with van der Waals surface area (Å²) < 4.78 is 37.0. The fraction of sp³-hybridized carbons (Fsp3) is 0.333. The Morgan fingerprint density at radius 2 is 1.75 bits per heavy atom. The lowest BCUT2D eigenvalue weighted by Crippen LogP contribution is -2.44. The highest BCUT2D eigenvalue weighted by atomic mass is 32.2. The van der Waals surface area contributed by atoms with E-state index in [0.717, 1.165) is 18.4 Å². The van der Waals surface area contributed by atoms with Gasteiger partial charge in [0.1, 0.15) is 5.76 Å². The van der Waals surface area contributed by atoms with Crippen molar-refractivity contribution in [2.45, 2.75) is 42.8 Å². The summed E-state index contributed by atoms with van der Waals surface area (Å²) in [4.78, 5) is 27.1. The van der Waals surface area contributed by atoms with Crippen LogP contribution in [0.15, 0.2) is 76.2 Å². The van der Waals surface area contributed by atoms with Crippen molar-refractivity contribution in [3.63, 3.8) is 0 Å². The molecule has 2 aromatic carbocycles. The number of nitrogens with one attached hydrogen (secondary N) is 1. The van der Waals surface area contributed by atoms with E-state index in [0.29, 0.717) is 44.0 Å². The maximum absolute atomic E-state index is 13.2.